The minimum Gasteiger partial charge on any atom is -0.481 e. The third-order valence-corrected chi connectivity index (χ3v) is 5.40. The molecule has 3 nitrogen and oxygen atoms in total. The van der Waals surface area contributed by atoms with Crippen molar-refractivity contribution in [2.24, 2.45) is 0 Å². The van der Waals surface area contributed by atoms with Gasteiger partial charge in [-0.1, -0.05) is 48.5 Å². The highest BCUT2D eigenvalue weighted by molar-refractivity contribution is 7.19. The van der Waals surface area contributed by atoms with Gasteiger partial charge in [0.05, 0.1) is 10.2 Å². The van der Waals surface area contributed by atoms with Crippen molar-refractivity contribution < 1.29 is 9.90 Å². The Balaban J connectivity index is 1.77. The Labute approximate surface area is 155 Å². The predicted molar refractivity (Wildman–Crippen MR) is 108 cm³/mol. The zero-order valence-corrected chi connectivity index (χ0v) is 14.9. The van der Waals surface area contributed by atoms with E-state index in [0.29, 0.717) is 6.42 Å². The number of rotatable bonds is 5. The Morgan fingerprint density at radius 1 is 0.962 bits per heavy atom. The van der Waals surface area contributed by atoms with Crippen LogP contribution in [0.15, 0.2) is 66.7 Å². The zero-order chi connectivity index (χ0) is 17.9. The number of nitrogens with zero attached hydrogens (tertiary/aromatic N) is 1. The SMILES string of the molecule is O=C(O)CC/C(=C\c1ccc2ccccc2c1)c1nc2ccccc2s1. The second kappa shape index (κ2) is 7.10. The van der Waals surface area contributed by atoms with Crippen LogP contribution in [0.2, 0.25) is 0 Å². The molecule has 0 bridgehead atoms. The third kappa shape index (κ3) is 3.51. The highest BCUT2D eigenvalue weighted by Crippen LogP contribution is 2.31. The smallest absolute Gasteiger partial charge is 0.303 e. The molecule has 0 atom stereocenters. The number of hydrogen-bond acceptors (Lipinski definition) is 3. The van der Waals surface area contributed by atoms with E-state index >= 15 is 0 Å². The average molecular weight is 359 g/mol. The molecule has 26 heavy (non-hydrogen) atoms. The first-order valence-electron chi connectivity index (χ1n) is 8.46. The van der Waals surface area contributed by atoms with E-state index in [0.717, 1.165) is 26.4 Å². The average Bonchev–Trinajstić information content (AvgIpc) is 3.09. The van der Waals surface area contributed by atoms with Crippen LogP contribution in [0, 0.1) is 0 Å². The molecule has 0 fully saturated rings. The summed E-state index contributed by atoms with van der Waals surface area (Å²) < 4.78 is 1.11. The lowest BCUT2D eigenvalue weighted by Crippen LogP contribution is -1.95. The molecule has 128 valence electrons. The van der Waals surface area contributed by atoms with Crippen molar-refractivity contribution in [2.45, 2.75) is 12.8 Å². The molecule has 1 aromatic heterocycles. The lowest BCUT2D eigenvalue weighted by molar-refractivity contribution is -0.136. The Kier molecular flexibility index (Phi) is 4.50. The summed E-state index contributed by atoms with van der Waals surface area (Å²) in [6.07, 6.45) is 2.62. The van der Waals surface area contributed by atoms with Crippen LogP contribution in [-0.4, -0.2) is 16.1 Å². The van der Waals surface area contributed by atoms with E-state index in [1.165, 1.54) is 10.8 Å². The maximum atomic E-state index is 11.1. The summed E-state index contributed by atoms with van der Waals surface area (Å²) in [7, 11) is 0. The van der Waals surface area contributed by atoms with E-state index < -0.39 is 5.97 Å². The van der Waals surface area contributed by atoms with Gasteiger partial charge in [0.1, 0.15) is 5.01 Å². The number of carbonyl (C=O) groups is 1. The lowest BCUT2D eigenvalue weighted by Gasteiger charge is -2.05. The highest BCUT2D eigenvalue weighted by atomic mass is 32.1. The number of hydrogen-bond donors (Lipinski definition) is 1. The molecule has 0 aliphatic carbocycles. The molecule has 0 radical (unpaired) electrons. The second-order valence-corrected chi connectivity index (χ2v) is 7.19. The van der Waals surface area contributed by atoms with Crippen LogP contribution < -0.4 is 0 Å². The summed E-state index contributed by atoms with van der Waals surface area (Å²) >= 11 is 1.61. The second-order valence-electron chi connectivity index (χ2n) is 6.16. The molecule has 0 unspecified atom stereocenters. The first kappa shape index (κ1) is 16.5. The van der Waals surface area contributed by atoms with Crippen molar-refractivity contribution in [2.75, 3.05) is 0 Å². The number of aliphatic carboxylic acids is 1. The Morgan fingerprint density at radius 2 is 1.73 bits per heavy atom. The number of para-hydroxylation sites is 1. The van der Waals surface area contributed by atoms with E-state index in [-0.39, 0.29) is 6.42 Å². The van der Waals surface area contributed by atoms with Gasteiger partial charge in [0, 0.05) is 6.42 Å². The van der Waals surface area contributed by atoms with Crippen LogP contribution in [-0.2, 0) is 4.79 Å². The van der Waals surface area contributed by atoms with Crippen molar-refractivity contribution >= 4 is 49.9 Å². The Hall–Kier alpha value is -2.98. The fourth-order valence-corrected chi connectivity index (χ4v) is 4.00. The molecule has 4 heteroatoms. The number of thiazole rings is 1. The number of allylic oxidation sites excluding steroid dienone is 1. The minimum atomic E-state index is -0.796. The molecule has 4 aromatic rings. The number of carboxylic acids is 1. The number of fused-ring (bicyclic) bond motifs is 2. The molecule has 1 N–H and O–H groups in total. The quantitative estimate of drug-likeness (QED) is 0.486. The summed E-state index contributed by atoms with van der Waals surface area (Å²) in [5.41, 5.74) is 2.97. The molecule has 0 aliphatic rings. The summed E-state index contributed by atoms with van der Waals surface area (Å²) in [4.78, 5) is 15.8. The summed E-state index contributed by atoms with van der Waals surface area (Å²) in [5, 5.41) is 12.4. The number of benzene rings is 3. The predicted octanol–water partition coefficient (Wildman–Crippen LogP) is 5.85. The van der Waals surface area contributed by atoms with E-state index in [1.54, 1.807) is 11.3 Å². The van der Waals surface area contributed by atoms with Gasteiger partial charge in [-0.15, -0.1) is 11.3 Å². The third-order valence-electron chi connectivity index (χ3n) is 4.29. The maximum Gasteiger partial charge on any atom is 0.303 e. The fourth-order valence-electron chi connectivity index (χ4n) is 2.99. The fraction of sp³-hybridized carbons (Fsp3) is 0.0909. The van der Waals surface area contributed by atoms with Gasteiger partial charge >= 0.3 is 5.97 Å². The Morgan fingerprint density at radius 3 is 2.54 bits per heavy atom. The van der Waals surface area contributed by atoms with Gasteiger partial charge in [-0.2, -0.15) is 0 Å². The van der Waals surface area contributed by atoms with Crippen molar-refractivity contribution in [3.8, 4) is 0 Å². The van der Waals surface area contributed by atoms with Gasteiger partial charge in [0.25, 0.3) is 0 Å². The number of carboxylic acid groups (broad SMARTS) is 1. The molecule has 0 amide bonds. The number of aromatic nitrogens is 1. The van der Waals surface area contributed by atoms with Gasteiger partial charge in [-0.05, 0) is 52.6 Å². The molecular formula is C22H17NO2S. The van der Waals surface area contributed by atoms with E-state index in [9.17, 15) is 4.79 Å². The van der Waals surface area contributed by atoms with Crippen molar-refractivity contribution in [1.29, 1.82) is 0 Å². The van der Waals surface area contributed by atoms with Gasteiger partial charge < -0.3 is 5.11 Å². The maximum absolute atomic E-state index is 11.1. The zero-order valence-electron chi connectivity index (χ0n) is 14.1. The molecule has 0 aliphatic heterocycles. The van der Waals surface area contributed by atoms with Crippen LogP contribution in [0.1, 0.15) is 23.4 Å². The van der Waals surface area contributed by atoms with Crippen LogP contribution in [0.5, 0.6) is 0 Å². The van der Waals surface area contributed by atoms with Gasteiger partial charge in [-0.25, -0.2) is 4.98 Å². The molecule has 0 saturated heterocycles. The first-order valence-corrected chi connectivity index (χ1v) is 9.28. The molecule has 3 aromatic carbocycles. The molecular weight excluding hydrogens is 342 g/mol. The van der Waals surface area contributed by atoms with Crippen LogP contribution in [0.4, 0.5) is 0 Å². The van der Waals surface area contributed by atoms with E-state index in [2.05, 4.69) is 36.4 Å². The standard InChI is InChI=1S/C22H17NO2S/c24-21(25)12-11-18(22-23-19-7-3-4-8-20(19)26-22)14-15-9-10-16-5-1-2-6-17(16)13-15/h1-10,13-14H,11-12H2,(H,24,25)/b18-14+. The Bertz CT molecular complexity index is 1090. The molecule has 1 heterocycles. The van der Waals surface area contributed by atoms with Gasteiger partial charge in [0.2, 0.25) is 0 Å². The van der Waals surface area contributed by atoms with E-state index in [4.69, 9.17) is 10.1 Å². The summed E-state index contributed by atoms with van der Waals surface area (Å²) in [5.74, 6) is -0.796. The highest BCUT2D eigenvalue weighted by Gasteiger charge is 2.11. The summed E-state index contributed by atoms with van der Waals surface area (Å²) in [6.45, 7) is 0. The van der Waals surface area contributed by atoms with Crippen LogP contribution >= 0.6 is 11.3 Å². The van der Waals surface area contributed by atoms with Gasteiger partial charge in [-0.3, -0.25) is 4.79 Å². The van der Waals surface area contributed by atoms with Crippen molar-refractivity contribution in [3.05, 3.63) is 77.3 Å². The minimum absolute atomic E-state index is 0.0926. The topological polar surface area (TPSA) is 50.2 Å². The van der Waals surface area contributed by atoms with Crippen molar-refractivity contribution in [1.82, 2.24) is 4.98 Å². The first-order chi connectivity index (χ1) is 12.7. The van der Waals surface area contributed by atoms with Crippen molar-refractivity contribution in [3.63, 3.8) is 0 Å². The monoisotopic (exact) mass is 359 g/mol. The molecule has 0 spiro atoms. The largest absolute Gasteiger partial charge is 0.481 e. The van der Waals surface area contributed by atoms with E-state index in [1.807, 2.05) is 36.4 Å². The van der Waals surface area contributed by atoms with Gasteiger partial charge in [0.15, 0.2) is 0 Å². The summed E-state index contributed by atoms with van der Waals surface area (Å²) in [6, 6.07) is 22.5. The molecule has 0 saturated carbocycles. The lowest BCUT2D eigenvalue weighted by atomic mass is 10.0. The normalized spacial score (nSPS) is 11.9. The van der Waals surface area contributed by atoms with Crippen LogP contribution in [0.25, 0.3) is 32.6 Å². The van der Waals surface area contributed by atoms with Crippen LogP contribution in [0.3, 0.4) is 0 Å². The molecule has 4 rings (SSSR count).